The smallest absolute Gasteiger partial charge is 0.0801 e. The highest BCUT2D eigenvalue weighted by Crippen LogP contribution is 2.16. The van der Waals surface area contributed by atoms with E-state index in [0.717, 1.165) is 5.69 Å². The molecule has 2 N–H and O–H groups in total. The molecular formula is C9H14N2S. The number of nitrogens with two attached hydrogens (primary N) is 1. The summed E-state index contributed by atoms with van der Waals surface area (Å²) in [6.45, 7) is 6.04. The lowest BCUT2D eigenvalue weighted by atomic mass is 10.1. The number of nitrogens with zero attached hydrogens (tertiary/aromatic N) is 1. The third-order valence-corrected chi connectivity index (χ3v) is 2.74. The fourth-order valence-corrected chi connectivity index (χ4v) is 1.59. The molecule has 0 fully saturated rings. The molecule has 0 radical (unpaired) electrons. The first kappa shape index (κ1) is 9.42. The van der Waals surface area contributed by atoms with Crippen LogP contribution in [0.5, 0.6) is 0 Å². The molecule has 0 saturated carbocycles. The SMILES string of the molecule is CC(=Cc1scnc1C)C(C)N. The number of aryl methyl sites for hydroxylation is 1. The minimum absolute atomic E-state index is 0.131. The van der Waals surface area contributed by atoms with Crippen LogP contribution in [0.15, 0.2) is 11.1 Å². The molecule has 1 rings (SSSR count). The lowest BCUT2D eigenvalue weighted by molar-refractivity contribution is 0.868. The first-order chi connectivity index (χ1) is 5.61. The molecule has 1 aromatic heterocycles. The summed E-state index contributed by atoms with van der Waals surface area (Å²) < 4.78 is 0. The summed E-state index contributed by atoms with van der Waals surface area (Å²) >= 11 is 1.65. The maximum Gasteiger partial charge on any atom is 0.0801 e. The van der Waals surface area contributed by atoms with Crippen LogP contribution in [0, 0.1) is 6.92 Å². The minimum atomic E-state index is 0.131. The normalized spacial score (nSPS) is 14.8. The maximum atomic E-state index is 5.72. The van der Waals surface area contributed by atoms with E-state index in [1.165, 1.54) is 10.5 Å². The van der Waals surface area contributed by atoms with Gasteiger partial charge in [-0.2, -0.15) is 0 Å². The predicted octanol–water partition coefficient (Wildman–Crippen LogP) is 2.20. The van der Waals surface area contributed by atoms with Crippen molar-refractivity contribution in [2.75, 3.05) is 0 Å². The molecule has 3 heteroatoms. The summed E-state index contributed by atoms with van der Waals surface area (Å²) in [7, 11) is 0. The molecule has 0 amide bonds. The summed E-state index contributed by atoms with van der Waals surface area (Å²) in [5, 5.41) is 0. The number of rotatable bonds is 2. The van der Waals surface area contributed by atoms with E-state index in [0.29, 0.717) is 0 Å². The number of hydrogen-bond donors (Lipinski definition) is 1. The molecule has 1 aromatic rings. The van der Waals surface area contributed by atoms with Gasteiger partial charge >= 0.3 is 0 Å². The highest BCUT2D eigenvalue weighted by Gasteiger charge is 2.00. The molecule has 1 unspecified atom stereocenters. The molecule has 0 aliphatic heterocycles. The molecule has 12 heavy (non-hydrogen) atoms. The molecule has 0 aliphatic carbocycles. The van der Waals surface area contributed by atoms with Gasteiger partial charge in [0.25, 0.3) is 0 Å². The van der Waals surface area contributed by atoms with E-state index < -0.39 is 0 Å². The van der Waals surface area contributed by atoms with Gasteiger partial charge in [-0.1, -0.05) is 5.57 Å². The maximum absolute atomic E-state index is 5.72. The van der Waals surface area contributed by atoms with E-state index in [4.69, 9.17) is 5.73 Å². The predicted molar refractivity (Wildman–Crippen MR) is 54.2 cm³/mol. The molecule has 0 aromatic carbocycles. The zero-order valence-corrected chi connectivity index (χ0v) is 8.48. The van der Waals surface area contributed by atoms with Crippen molar-refractivity contribution in [2.24, 2.45) is 5.73 Å². The third kappa shape index (κ3) is 2.16. The number of hydrogen-bond acceptors (Lipinski definition) is 3. The Labute approximate surface area is 77.1 Å². The van der Waals surface area contributed by atoms with Crippen molar-refractivity contribution in [3.63, 3.8) is 0 Å². The van der Waals surface area contributed by atoms with Gasteiger partial charge < -0.3 is 5.73 Å². The molecule has 0 bridgehead atoms. The van der Waals surface area contributed by atoms with Crippen molar-refractivity contribution in [3.05, 3.63) is 21.7 Å². The van der Waals surface area contributed by atoms with E-state index in [-0.39, 0.29) is 6.04 Å². The fourth-order valence-electron chi connectivity index (χ4n) is 0.788. The van der Waals surface area contributed by atoms with E-state index in [1.54, 1.807) is 11.3 Å². The molecule has 66 valence electrons. The Morgan fingerprint density at radius 1 is 1.75 bits per heavy atom. The average molecular weight is 182 g/mol. The Morgan fingerprint density at radius 3 is 2.83 bits per heavy atom. The lowest BCUT2D eigenvalue weighted by Crippen LogP contribution is -2.15. The molecule has 0 aliphatic rings. The van der Waals surface area contributed by atoms with Crippen molar-refractivity contribution in [1.82, 2.24) is 4.98 Å². The van der Waals surface area contributed by atoms with Crippen LogP contribution in [-0.2, 0) is 0 Å². The van der Waals surface area contributed by atoms with E-state index >= 15 is 0 Å². The fraction of sp³-hybridized carbons (Fsp3) is 0.444. The third-order valence-electron chi connectivity index (χ3n) is 1.86. The van der Waals surface area contributed by atoms with Crippen molar-refractivity contribution < 1.29 is 0 Å². The first-order valence-electron chi connectivity index (χ1n) is 3.95. The first-order valence-corrected chi connectivity index (χ1v) is 4.83. The van der Waals surface area contributed by atoms with E-state index in [1.807, 2.05) is 26.3 Å². The van der Waals surface area contributed by atoms with E-state index in [9.17, 15) is 0 Å². The van der Waals surface area contributed by atoms with Crippen molar-refractivity contribution >= 4 is 17.4 Å². The zero-order chi connectivity index (χ0) is 9.14. The van der Waals surface area contributed by atoms with Crippen LogP contribution in [-0.4, -0.2) is 11.0 Å². The molecule has 1 atom stereocenters. The average Bonchev–Trinajstić information content (AvgIpc) is 2.36. The number of thiazole rings is 1. The van der Waals surface area contributed by atoms with Crippen molar-refractivity contribution in [2.45, 2.75) is 26.8 Å². The Bertz CT molecular complexity index is 286. The van der Waals surface area contributed by atoms with Gasteiger partial charge in [-0.05, 0) is 26.8 Å². The quantitative estimate of drug-likeness (QED) is 0.761. The minimum Gasteiger partial charge on any atom is -0.324 e. The van der Waals surface area contributed by atoms with Crippen LogP contribution >= 0.6 is 11.3 Å². The van der Waals surface area contributed by atoms with Gasteiger partial charge in [0, 0.05) is 10.9 Å². The summed E-state index contributed by atoms with van der Waals surface area (Å²) in [5.41, 5.74) is 9.86. The Hall–Kier alpha value is -0.670. The van der Waals surface area contributed by atoms with Gasteiger partial charge in [-0.25, -0.2) is 4.98 Å². The van der Waals surface area contributed by atoms with Crippen molar-refractivity contribution in [1.29, 1.82) is 0 Å². The second kappa shape index (κ2) is 3.83. The van der Waals surface area contributed by atoms with Gasteiger partial charge in [0.1, 0.15) is 0 Å². The summed E-state index contributed by atoms with van der Waals surface area (Å²) in [6.07, 6.45) is 2.11. The zero-order valence-electron chi connectivity index (χ0n) is 7.66. The second-order valence-corrected chi connectivity index (χ2v) is 3.87. The molecule has 2 nitrogen and oxygen atoms in total. The Kier molecular flexibility index (Phi) is 3.00. The Morgan fingerprint density at radius 2 is 2.42 bits per heavy atom. The Balaban J connectivity index is 2.87. The van der Waals surface area contributed by atoms with Gasteiger partial charge in [-0.15, -0.1) is 11.3 Å². The summed E-state index contributed by atoms with van der Waals surface area (Å²) in [4.78, 5) is 5.37. The van der Waals surface area contributed by atoms with Crippen LogP contribution in [0.2, 0.25) is 0 Å². The van der Waals surface area contributed by atoms with Crippen LogP contribution in [0.25, 0.3) is 6.08 Å². The topological polar surface area (TPSA) is 38.9 Å². The van der Waals surface area contributed by atoms with Gasteiger partial charge in [0.2, 0.25) is 0 Å². The van der Waals surface area contributed by atoms with Crippen LogP contribution < -0.4 is 5.73 Å². The monoisotopic (exact) mass is 182 g/mol. The van der Waals surface area contributed by atoms with Crippen LogP contribution in [0.1, 0.15) is 24.4 Å². The summed E-state index contributed by atoms with van der Waals surface area (Å²) in [6, 6.07) is 0.131. The molecule has 0 spiro atoms. The van der Waals surface area contributed by atoms with Gasteiger partial charge in [0.15, 0.2) is 0 Å². The molecule has 1 heterocycles. The van der Waals surface area contributed by atoms with Crippen LogP contribution in [0.3, 0.4) is 0 Å². The van der Waals surface area contributed by atoms with Gasteiger partial charge in [-0.3, -0.25) is 0 Å². The number of aromatic nitrogens is 1. The highest BCUT2D eigenvalue weighted by atomic mass is 32.1. The second-order valence-electron chi connectivity index (χ2n) is 2.98. The standard InChI is InChI=1S/C9H14N2S/c1-6(7(2)10)4-9-8(3)11-5-12-9/h4-5,7H,10H2,1-3H3. The molecule has 0 saturated heterocycles. The largest absolute Gasteiger partial charge is 0.324 e. The highest BCUT2D eigenvalue weighted by molar-refractivity contribution is 7.10. The van der Waals surface area contributed by atoms with Gasteiger partial charge in [0.05, 0.1) is 11.2 Å². The van der Waals surface area contributed by atoms with E-state index in [2.05, 4.69) is 11.1 Å². The summed E-state index contributed by atoms with van der Waals surface area (Å²) in [5.74, 6) is 0. The van der Waals surface area contributed by atoms with Crippen LogP contribution in [0.4, 0.5) is 0 Å². The molecular weight excluding hydrogens is 168 g/mol. The van der Waals surface area contributed by atoms with Crippen molar-refractivity contribution in [3.8, 4) is 0 Å². The lowest BCUT2D eigenvalue weighted by Gasteiger charge is -2.03.